The van der Waals surface area contributed by atoms with Gasteiger partial charge in [-0.05, 0) is 43.2 Å². The summed E-state index contributed by atoms with van der Waals surface area (Å²) in [6, 6.07) is 5.49. The van der Waals surface area contributed by atoms with Gasteiger partial charge in [-0.3, -0.25) is 0 Å². The largest absolute Gasteiger partial charge is 0.373 e. The monoisotopic (exact) mass is 435 g/mol. The van der Waals surface area contributed by atoms with Crippen LogP contribution in [0, 0.1) is 5.41 Å². The fourth-order valence-corrected chi connectivity index (χ4v) is 5.93. The Kier molecular flexibility index (Phi) is 4.30. The molecule has 0 unspecified atom stereocenters. The molecule has 2 aromatic rings. The molecule has 2 heterocycles. The van der Waals surface area contributed by atoms with Crippen LogP contribution in [0.2, 0.25) is 10.0 Å². The minimum absolute atomic E-state index is 0.255. The van der Waals surface area contributed by atoms with E-state index >= 15 is 0 Å². The van der Waals surface area contributed by atoms with Crippen molar-refractivity contribution in [1.29, 1.82) is 0 Å². The van der Waals surface area contributed by atoms with E-state index in [-0.39, 0.29) is 11.9 Å². The fourth-order valence-electron chi connectivity index (χ4n) is 5.35. The summed E-state index contributed by atoms with van der Waals surface area (Å²) in [5, 5.41) is 5.49. The predicted molar refractivity (Wildman–Crippen MR) is 108 cm³/mol. The van der Waals surface area contributed by atoms with E-state index in [9.17, 15) is 0 Å². The van der Waals surface area contributed by atoms with Gasteiger partial charge < -0.3 is 18.7 Å². The highest BCUT2D eigenvalue weighted by atomic mass is 35.5. The molecule has 2 spiro atoms. The molecule has 3 aliphatic carbocycles. The van der Waals surface area contributed by atoms with E-state index in [0.717, 1.165) is 68.6 Å². The maximum absolute atomic E-state index is 6.43. The van der Waals surface area contributed by atoms with Crippen LogP contribution in [0.15, 0.2) is 22.7 Å². The average Bonchev–Trinajstić information content (AvgIpc) is 3.21. The zero-order valence-electron chi connectivity index (χ0n) is 16.1. The maximum atomic E-state index is 6.43. The Morgan fingerprint density at radius 1 is 1.07 bits per heavy atom. The summed E-state index contributed by atoms with van der Waals surface area (Å²) in [6.45, 7) is 1.92. The van der Waals surface area contributed by atoms with Gasteiger partial charge in [0.15, 0.2) is 5.79 Å². The van der Waals surface area contributed by atoms with Crippen molar-refractivity contribution in [3.05, 3.63) is 39.6 Å². The van der Waals surface area contributed by atoms with Crippen molar-refractivity contribution in [3.63, 3.8) is 0 Å². The zero-order chi connectivity index (χ0) is 19.6. The van der Waals surface area contributed by atoms with Crippen LogP contribution in [-0.4, -0.2) is 30.3 Å². The van der Waals surface area contributed by atoms with Gasteiger partial charge in [-0.2, -0.15) is 0 Å². The molecule has 6 rings (SSSR count). The molecule has 0 bridgehead atoms. The van der Waals surface area contributed by atoms with E-state index in [2.05, 4.69) is 5.16 Å². The van der Waals surface area contributed by atoms with E-state index in [4.69, 9.17) is 41.9 Å². The molecule has 0 N–H and O–H groups in total. The molecule has 154 valence electrons. The number of rotatable bonds is 5. The van der Waals surface area contributed by atoms with Crippen molar-refractivity contribution in [1.82, 2.24) is 5.16 Å². The van der Waals surface area contributed by atoms with Crippen molar-refractivity contribution in [2.75, 3.05) is 13.2 Å². The molecule has 0 radical (unpaired) electrons. The topological polar surface area (TPSA) is 53.7 Å². The second kappa shape index (κ2) is 6.69. The molecule has 4 aliphatic rings. The summed E-state index contributed by atoms with van der Waals surface area (Å²) >= 11 is 12.9. The Hall–Kier alpha value is -1.11. The molecular weight excluding hydrogens is 413 g/mol. The third-order valence-electron chi connectivity index (χ3n) is 6.85. The van der Waals surface area contributed by atoms with Crippen molar-refractivity contribution < 1.29 is 18.7 Å². The van der Waals surface area contributed by atoms with Gasteiger partial charge in [-0.15, -0.1) is 0 Å². The number of halogens is 2. The zero-order valence-corrected chi connectivity index (χ0v) is 17.6. The van der Waals surface area contributed by atoms with Gasteiger partial charge >= 0.3 is 0 Å². The van der Waals surface area contributed by atoms with Crippen LogP contribution in [-0.2, 0) is 20.8 Å². The smallest absolute Gasteiger partial charge is 0.169 e. The average molecular weight is 436 g/mol. The van der Waals surface area contributed by atoms with Gasteiger partial charge in [0.1, 0.15) is 11.5 Å². The quantitative estimate of drug-likeness (QED) is 0.600. The molecule has 1 aromatic heterocycles. The first-order valence-corrected chi connectivity index (χ1v) is 11.1. The van der Waals surface area contributed by atoms with Crippen LogP contribution in [0.3, 0.4) is 0 Å². The van der Waals surface area contributed by atoms with Crippen LogP contribution >= 0.6 is 23.2 Å². The minimum Gasteiger partial charge on any atom is -0.373 e. The van der Waals surface area contributed by atoms with Gasteiger partial charge in [0.2, 0.25) is 0 Å². The van der Waals surface area contributed by atoms with Crippen molar-refractivity contribution in [2.24, 2.45) is 5.41 Å². The second-order valence-electron chi connectivity index (χ2n) is 9.05. The number of aromatic nitrogens is 1. The van der Waals surface area contributed by atoms with Gasteiger partial charge in [-0.1, -0.05) is 34.4 Å². The number of benzene rings is 1. The highest BCUT2D eigenvalue weighted by Crippen LogP contribution is 2.63. The van der Waals surface area contributed by atoms with E-state index in [0.29, 0.717) is 33.7 Å². The normalized spacial score (nSPS) is 24.8. The summed E-state index contributed by atoms with van der Waals surface area (Å²) in [5.74, 6) is 1.08. The Morgan fingerprint density at radius 3 is 2.41 bits per heavy atom. The SMILES string of the molecule is Clc1cccc(Cl)c1-c1noc(C2CC2)c1COC1CC2(C1)CC1(C2)OCCO1. The second-order valence-corrected chi connectivity index (χ2v) is 9.86. The summed E-state index contributed by atoms with van der Waals surface area (Å²) < 4.78 is 23.6. The lowest BCUT2D eigenvalue weighted by molar-refractivity contribution is -0.297. The minimum atomic E-state index is -0.285. The standard InChI is InChI=1S/C22H23Cl2NO4/c23-16-2-1-3-17(24)18(16)19-15(20(29-25-19)13-4-5-13)10-26-14-8-21(9-14)11-22(12-21)27-6-7-28-22/h1-3,13-14H,4-12H2. The lowest BCUT2D eigenvalue weighted by Gasteiger charge is -2.60. The van der Waals surface area contributed by atoms with Crippen molar-refractivity contribution in [3.8, 4) is 11.3 Å². The first kappa shape index (κ1) is 18.6. The van der Waals surface area contributed by atoms with Crippen LogP contribution in [0.25, 0.3) is 11.3 Å². The number of ether oxygens (including phenoxy) is 3. The maximum Gasteiger partial charge on any atom is 0.169 e. The Morgan fingerprint density at radius 2 is 1.76 bits per heavy atom. The van der Waals surface area contributed by atoms with Crippen molar-refractivity contribution >= 4 is 23.2 Å². The lowest BCUT2D eigenvalue weighted by atomic mass is 9.52. The molecule has 4 fully saturated rings. The van der Waals surface area contributed by atoms with E-state index in [1.54, 1.807) is 0 Å². The van der Waals surface area contributed by atoms with Gasteiger partial charge in [0.05, 0.1) is 36.0 Å². The highest BCUT2D eigenvalue weighted by molar-refractivity contribution is 6.39. The molecule has 0 amide bonds. The summed E-state index contributed by atoms with van der Waals surface area (Å²) in [5.41, 5.74) is 2.78. The van der Waals surface area contributed by atoms with Crippen LogP contribution in [0.4, 0.5) is 0 Å². The summed E-state index contributed by atoms with van der Waals surface area (Å²) in [6.07, 6.45) is 6.65. The molecule has 5 nitrogen and oxygen atoms in total. The van der Waals surface area contributed by atoms with E-state index in [1.807, 2.05) is 18.2 Å². The van der Waals surface area contributed by atoms with E-state index in [1.165, 1.54) is 0 Å². The first-order chi connectivity index (χ1) is 14.1. The summed E-state index contributed by atoms with van der Waals surface area (Å²) in [4.78, 5) is 0. The van der Waals surface area contributed by atoms with Gasteiger partial charge in [0.25, 0.3) is 0 Å². The molecule has 7 heteroatoms. The molecule has 3 saturated carbocycles. The van der Waals surface area contributed by atoms with E-state index < -0.39 is 0 Å². The van der Waals surface area contributed by atoms with Crippen molar-refractivity contribution in [2.45, 2.75) is 62.9 Å². The molecule has 1 aliphatic heterocycles. The third-order valence-corrected chi connectivity index (χ3v) is 7.48. The molecule has 0 atom stereocenters. The Bertz CT molecular complexity index is 912. The molecular formula is C22H23Cl2NO4. The van der Waals surface area contributed by atoms with Crippen LogP contribution in [0.1, 0.15) is 55.8 Å². The number of nitrogens with zero attached hydrogens (tertiary/aromatic N) is 1. The predicted octanol–water partition coefficient (Wildman–Crippen LogP) is 5.73. The summed E-state index contributed by atoms with van der Waals surface area (Å²) in [7, 11) is 0. The van der Waals surface area contributed by atoms with Crippen LogP contribution < -0.4 is 0 Å². The van der Waals surface area contributed by atoms with Gasteiger partial charge in [0, 0.05) is 29.9 Å². The van der Waals surface area contributed by atoms with Crippen LogP contribution in [0.5, 0.6) is 0 Å². The number of hydrogen-bond donors (Lipinski definition) is 0. The Labute approximate surface area is 179 Å². The number of hydrogen-bond acceptors (Lipinski definition) is 5. The first-order valence-electron chi connectivity index (χ1n) is 10.4. The molecule has 29 heavy (non-hydrogen) atoms. The third kappa shape index (κ3) is 3.14. The Balaban J connectivity index is 1.16. The highest BCUT2D eigenvalue weighted by Gasteiger charge is 2.63. The molecule has 1 aromatic carbocycles. The lowest BCUT2D eigenvalue weighted by Crippen LogP contribution is -2.60. The molecule has 1 saturated heterocycles. The fraction of sp³-hybridized carbons (Fsp3) is 0.591. The van der Waals surface area contributed by atoms with Gasteiger partial charge in [-0.25, -0.2) is 0 Å².